The summed E-state index contributed by atoms with van der Waals surface area (Å²) in [6, 6.07) is 5.81. The van der Waals surface area contributed by atoms with Crippen molar-refractivity contribution in [3.8, 4) is 0 Å². The van der Waals surface area contributed by atoms with Gasteiger partial charge in [0.25, 0.3) is 5.91 Å². The van der Waals surface area contributed by atoms with Crippen molar-refractivity contribution in [1.29, 1.82) is 0 Å². The third kappa shape index (κ3) is 3.76. The molecular formula is C22H25N5O3. The maximum Gasteiger partial charge on any atom is 0.251 e. The SMILES string of the molecule is O=C(NCc1cccnc1)[C@@H]1Cn2ccnc2C2(CCN(Cc3ccoc3)CC2)O1. The van der Waals surface area contributed by atoms with Crippen molar-refractivity contribution in [2.75, 3.05) is 13.1 Å². The van der Waals surface area contributed by atoms with Gasteiger partial charge >= 0.3 is 0 Å². The maximum absolute atomic E-state index is 12.9. The van der Waals surface area contributed by atoms with E-state index in [-0.39, 0.29) is 5.91 Å². The van der Waals surface area contributed by atoms with Crippen molar-refractivity contribution < 1.29 is 13.9 Å². The zero-order valence-corrected chi connectivity index (χ0v) is 16.7. The molecule has 1 fully saturated rings. The number of aromatic nitrogens is 3. The molecule has 2 aliphatic rings. The summed E-state index contributed by atoms with van der Waals surface area (Å²) >= 11 is 0. The van der Waals surface area contributed by atoms with E-state index < -0.39 is 11.7 Å². The molecule has 1 N–H and O–H groups in total. The average Bonchev–Trinajstić information content (AvgIpc) is 3.47. The van der Waals surface area contributed by atoms with Crippen LogP contribution in [0.3, 0.4) is 0 Å². The molecule has 0 radical (unpaired) electrons. The highest BCUT2D eigenvalue weighted by atomic mass is 16.5. The molecule has 1 saturated heterocycles. The van der Waals surface area contributed by atoms with Crippen LogP contribution in [0.15, 0.2) is 59.9 Å². The average molecular weight is 407 g/mol. The number of nitrogens with one attached hydrogen (secondary N) is 1. The van der Waals surface area contributed by atoms with Gasteiger partial charge in [-0.2, -0.15) is 0 Å². The van der Waals surface area contributed by atoms with Gasteiger partial charge in [-0.1, -0.05) is 6.07 Å². The van der Waals surface area contributed by atoms with Crippen LogP contribution in [0.25, 0.3) is 0 Å². The van der Waals surface area contributed by atoms with Gasteiger partial charge in [-0.3, -0.25) is 14.7 Å². The summed E-state index contributed by atoms with van der Waals surface area (Å²) in [5.41, 5.74) is 1.61. The number of pyridine rings is 1. The van der Waals surface area contributed by atoms with Crippen molar-refractivity contribution in [1.82, 2.24) is 24.8 Å². The van der Waals surface area contributed by atoms with Crippen molar-refractivity contribution in [3.05, 3.63) is 72.5 Å². The third-order valence-electron chi connectivity index (χ3n) is 5.99. The highest BCUT2D eigenvalue weighted by Crippen LogP contribution is 2.40. The van der Waals surface area contributed by atoms with Crippen LogP contribution in [0, 0.1) is 0 Å². The van der Waals surface area contributed by atoms with Gasteiger partial charge in [0, 0.05) is 56.5 Å². The first-order valence-electron chi connectivity index (χ1n) is 10.3. The number of fused-ring (bicyclic) bond motifs is 2. The van der Waals surface area contributed by atoms with Crippen LogP contribution >= 0.6 is 0 Å². The summed E-state index contributed by atoms with van der Waals surface area (Å²) in [6.45, 7) is 3.53. The van der Waals surface area contributed by atoms with Gasteiger partial charge in [0.1, 0.15) is 11.4 Å². The number of furan rings is 1. The number of hydrogen-bond acceptors (Lipinski definition) is 6. The summed E-state index contributed by atoms with van der Waals surface area (Å²) in [5, 5.41) is 2.99. The lowest BCUT2D eigenvalue weighted by Gasteiger charge is -2.45. The van der Waals surface area contributed by atoms with Gasteiger partial charge in [0.2, 0.25) is 0 Å². The van der Waals surface area contributed by atoms with E-state index >= 15 is 0 Å². The maximum atomic E-state index is 12.9. The number of ether oxygens (including phenoxy) is 1. The van der Waals surface area contributed by atoms with E-state index in [4.69, 9.17) is 9.15 Å². The molecule has 0 aromatic carbocycles. The first kappa shape index (κ1) is 19.0. The largest absolute Gasteiger partial charge is 0.472 e. The molecule has 8 nitrogen and oxygen atoms in total. The van der Waals surface area contributed by atoms with E-state index in [9.17, 15) is 4.79 Å². The number of likely N-dealkylation sites (tertiary alicyclic amines) is 1. The Labute approximate surface area is 174 Å². The number of piperidine rings is 1. The normalized spacial score (nSPS) is 20.7. The Morgan fingerprint density at radius 2 is 2.13 bits per heavy atom. The first-order valence-corrected chi connectivity index (χ1v) is 10.3. The molecule has 3 aromatic rings. The molecule has 0 unspecified atom stereocenters. The fourth-order valence-corrected chi connectivity index (χ4v) is 4.39. The Morgan fingerprint density at radius 1 is 1.23 bits per heavy atom. The van der Waals surface area contributed by atoms with Crippen LogP contribution in [0.1, 0.15) is 29.8 Å². The molecular weight excluding hydrogens is 382 g/mol. The highest BCUT2D eigenvalue weighted by Gasteiger charge is 2.47. The smallest absolute Gasteiger partial charge is 0.251 e. The molecule has 156 valence electrons. The van der Waals surface area contributed by atoms with Crippen molar-refractivity contribution in [2.45, 2.75) is 44.2 Å². The highest BCUT2D eigenvalue weighted by molar-refractivity contribution is 5.80. The van der Waals surface area contributed by atoms with E-state index in [1.165, 1.54) is 5.56 Å². The third-order valence-corrected chi connectivity index (χ3v) is 5.99. The summed E-state index contributed by atoms with van der Waals surface area (Å²) in [5.74, 6) is 0.833. The Morgan fingerprint density at radius 3 is 2.90 bits per heavy atom. The first-order chi connectivity index (χ1) is 14.7. The number of rotatable bonds is 5. The second-order valence-electron chi connectivity index (χ2n) is 7.99. The zero-order valence-electron chi connectivity index (χ0n) is 16.7. The number of amides is 1. The van der Waals surface area contributed by atoms with Crippen LogP contribution in [0.4, 0.5) is 0 Å². The molecule has 0 saturated carbocycles. The van der Waals surface area contributed by atoms with Crippen LogP contribution in [-0.4, -0.2) is 44.5 Å². The quantitative estimate of drug-likeness (QED) is 0.697. The van der Waals surface area contributed by atoms with E-state index in [1.54, 1.807) is 31.1 Å². The van der Waals surface area contributed by atoms with Crippen molar-refractivity contribution in [2.24, 2.45) is 0 Å². The molecule has 3 aromatic heterocycles. The molecule has 30 heavy (non-hydrogen) atoms. The number of nitrogens with zero attached hydrogens (tertiary/aromatic N) is 4. The fourth-order valence-electron chi connectivity index (χ4n) is 4.39. The van der Waals surface area contributed by atoms with Crippen LogP contribution in [0.2, 0.25) is 0 Å². The molecule has 2 aliphatic heterocycles. The molecule has 5 heterocycles. The number of imidazole rings is 1. The molecule has 0 aliphatic carbocycles. The predicted molar refractivity (Wildman–Crippen MR) is 108 cm³/mol. The molecule has 5 rings (SSSR count). The Hall–Kier alpha value is -2.97. The van der Waals surface area contributed by atoms with Gasteiger partial charge in [0.15, 0.2) is 6.10 Å². The lowest BCUT2D eigenvalue weighted by molar-refractivity contribution is -0.174. The van der Waals surface area contributed by atoms with Gasteiger partial charge in [-0.05, 0) is 30.5 Å². The Balaban J connectivity index is 1.27. The fraction of sp³-hybridized carbons (Fsp3) is 0.409. The van der Waals surface area contributed by atoms with Crippen LogP contribution in [-0.2, 0) is 34.8 Å². The molecule has 8 heteroatoms. The molecule has 1 spiro atoms. The predicted octanol–water partition coefficient (Wildman–Crippen LogP) is 2.08. The lowest BCUT2D eigenvalue weighted by atomic mass is 9.88. The monoisotopic (exact) mass is 407 g/mol. The summed E-state index contributed by atoms with van der Waals surface area (Å²) in [4.78, 5) is 24.0. The van der Waals surface area contributed by atoms with E-state index in [0.717, 1.165) is 43.9 Å². The van der Waals surface area contributed by atoms with Gasteiger partial charge in [-0.15, -0.1) is 0 Å². The Bertz CT molecular complexity index is 977. The summed E-state index contributed by atoms with van der Waals surface area (Å²) in [7, 11) is 0. The van der Waals surface area contributed by atoms with Gasteiger partial charge in [0.05, 0.1) is 19.1 Å². The van der Waals surface area contributed by atoms with Crippen LogP contribution in [0.5, 0.6) is 0 Å². The summed E-state index contributed by atoms with van der Waals surface area (Å²) < 4.78 is 13.7. The number of hydrogen-bond donors (Lipinski definition) is 1. The molecule has 1 atom stereocenters. The lowest BCUT2D eigenvalue weighted by Crippen LogP contribution is -2.53. The van der Waals surface area contributed by atoms with E-state index in [0.29, 0.717) is 13.1 Å². The minimum absolute atomic E-state index is 0.0987. The topological polar surface area (TPSA) is 85.4 Å². The Kier molecular flexibility index (Phi) is 5.10. The van der Waals surface area contributed by atoms with Gasteiger partial charge < -0.3 is 19.0 Å². The van der Waals surface area contributed by atoms with Crippen LogP contribution < -0.4 is 5.32 Å². The second-order valence-corrected chi connectivity index (χ2v) is 7.99. The molecule has 0 bridgehead atoms. The summed E-state index contributed by atoms with van der Waals surface area (Å²) in [6.07, 6.45) is 11.8. The van der Waals surface area contributed by atoms with Crippen molar-refractivity contribution >= 4 is 5.91 Å². The minimum atomic E-state index is -0.538. The number of carbonyl (C=O) groups excluding carboxylic acids is 1. The second kappa shape index (κ2) is 8.04. The number of carbonyl (C=O) groups is 1. The zero-order chi connectivity index (χ0) is 20.4. The van der Waals surface area contributed by atoms with E-state index in [2.05, 4.69) is 24.8 Å². The minimum Gasteiger partial charge on any atom is -0.472 e. The van der Waals surface area contributed by atoms with E-state index in [1.807, 2.05) is 24.4 Å². The standard InChI is InChI=1S/C22H25N5O3/c28-20(25-13-17-2-1-6-23-12-17)19-15-27-10-7-24-21(27)22(30-19)4-8-26(9-5-22)14-18-3-11-29-16-18/h1-3,6-7,10-12,16,19H,4-5,8-9,13-15H2,(H,25,28)/t19-/m0/s1. The van der Waals surface area contributed by atoms with Gasteiger partial charge in [-0.25, -0.2) is 4.98 Å². The molecule has 1 amide bonds. The van der Waals surface area contributed by atoms with Crippen molar-refractivity contribution in [3.63, 3.8) is 0 Å².